The zero-order valence-electron chi connectivity index (χ0n) is 17.7. The molecule has 0 amide bonds. The van der Waals surface area contributed by atoms with Gasteiger partial charge in [0.25, 0.3) is 0 Å². The summed E-state index contributed by atoms with van der Waals surface area (Å²) < 4.78 is 3.91. The lowest BCUT2D eigenvalue weighted by atomic mass is 10.1. The molecule has 1 heterocycles. The molecule has 0 bridgehead atoms. The first kappa shape index (κ1) is 22.0. The van der Waals surface area contributed by atoms with E-state index in [0.717, 1.165) is 37.8 Å². The van der Waals surface area contributed by atoms with Gasteiger partial charge in [0.15, 0.2) is 0 Å². The number of unbranched alkanes of at least 4 members (excludes halogenated alkanes) is 4. The van der Waals surface area contributed by atoms with Crippen molar-refractivity contribution < 1.29 is 16.0 Å². The third kappa shape index (κ3) is 7.05. The number of nitrogens with zero attached hydrogens (tertiary/aromatic N) is 5. The first-order valence-electron chi connectivity index (χ1n) is 10.5. The first-order chi connectivity index (χ1) is 13.7. The summed E-state index contributed by atoms with van der Waals surface area (Å²) in [5, 5.41) is 8.77. The molecule has 2 rings (SSSR count). The Morgan fingerprint density at radius 1 is 0.893 bits per heavy atom. The fraction of sp³-hybridized carbons (Fsp3) is 0.571. The van der Waals surface area contributed by atoms with Gasteiger partial charge in [0.1, 0.15) is 5.69 Å². The van der Waals surface area contributed by atoms with Gasteiger partial charge in [-0.2, -0.15) is 0 Å². The van der Waals surface area contributed by atoms with Crippen molar-refractivity contribution in [2.24, 2.45) is 24.3 Å². The van der Waals surface area contributed by atoms with Crippen LogP contribution in [0.1, 0.15) is 38.5 Å². The fourth-order valence-electron chi connectivity index (χ4n) is 3.24. The third-order valence-electron chi connectivity index (χ3n) is 4.97. The second-order valence-electron chi connectivity index (χ2n) is 7.35. The molecule has 0 fully saturated rings. The lowest BCUT2D eigenvalue weighted by Gasteiger charge is -2.25. The topological polar surface area (TPSA) is 92.0 Å². The Labute approximate surface area is 169 Å². The SMILES string of the molecule is Cn1cc[n+](C)c1N=Nc1ccc(N(CCCCC[NH3+])CCCCC[NH3+])cc1. The summed E-state index contributed by atoms with van der Waals surface area (Å²) in [7, 11) is 3.94. The molecule has 0 saturated carbocycles. The molecule has 0 unspecified atom stereocenters. The van der Waals surface area contributed by atoms with Crippen LogP contribution < -0.4 is 20.9 Å². The number of aryl methyl sites for hydroxylation is 2. The van der Waals surface area contributed by atoms with Crippen LogP contribution in [-0.2, 0) is 14.1 Å². The quantitative estimate of drug-likeness (QED) is 0.306. The molecule has 0 aliphatic carbocycles. The van der Waals surface area contributed by atoms with Crippen LogP contribution >= 0.6 is 0 Å². The molecule has 1 aromatic heterocycles. The summed E-state index contributed by atoms with van der Waals surface area (Å²) in [6.07, 6.45) is 11.3. The Morgan fingerprint density at radius 2 is 1.50 bits per heavy atom. The Morgan fingerprint density at radius 3 is 2.00 bits per heavy atom. The van der Waals surface area contributed by atoms with Crippen LogP contribution in [0.3, 0.4) is 0 Å². The molecule has 0 radical (unpaired) electrons. The van der Waals surface area contributed by atoms with Crippen molar-refractivity contribution in [3.8, 4) is 0 Å². The van der Waals surface area contributed by atoms with Gasteiger partial charge in [-0.15, -0.1) is 0 Å². The molecular weight excluding hydrogens is 350 g/mol. The van der Waals surface area contributed by atoms with E-state index in [0.29, 0.717) is 0 Å². The predicted octanol–water partition coefficient (Wildman–Crippen LogP) is 1.90. The molecule has 0 saturated heterocycles. The van der Waals surface area contributed by atoms with Gasteiger partial charge in [-0.3, -0.25) is 0 Å². The molecule has 0 atom stereocenters. The first-order valence-corrected chi connectivity index (χ1v) is 10.5. The van der Waals surface area contributed by atoms with Crippen molar-refractivity contribution in [3.63, 3.8) is 0 Å². The van der Waals surface area contributed by atoms with Crippen LogP contribution in [0, 0.1) is 0 Å². The Balaban J connectivity index is 1.99. The maximum Gasteiger partial charge on any atom is 0.421 e. The highest BCUT2D eigenvalue weighted by Crippen LogP contribution is 2.22. The van der Waals surface area contributed by atoms with Crippen LogP contribution in [0.25, 0.3) is 0 Å². The van der Waals surface area contributed by atoms with Crippen molar-refractivity contribution in [1.82, 2.24) is 4.57 Å². The van der Waals surface area contributed by atoms with E-state index >= 15 is 0 Å². The Kier molecular flexibility index (Phi) is 9.65. The fourth-order valence-corrected chi connectivity index (χ4v) is 3.24. The largest absolute Gasteiger partial charge is 0.421 e. The summed E-state index contributed by atoms with van der Waals surface area (Å²) in [6, 6.07) is 8.45. The Hall–Kier alpha value is -2.25. The van der Waals surface area contributed by atoms with Gasteiger partial charge in [-0.05, 0) is 62.8 Å². The van der Waals surface area contributed by atoms with E-state index in [1.165, 1.54) is 44.2 Å². The number of anilines is 1. The molecule has 0 aliphatic heterocycles. The van der Waals surface area contributed by atoms with Gasteiger partial charge in [0, 0.05) is 23.9 Å². The van der Waals surface area contributed by atoms with Crippen molar-refractivity contribution in [2.75, 3.05) is 31.1 Å². The predicted molar refractivity (Wildman–Crippen MR) is 113 cm³/mol. The summed E-state index contributed by atoms with van der Waals surface area (Å²) in [4.78, 5) is 2.50. The molecule has 6 N–H and O–H groups in total. The number of imidazole rings is 1. The monoisotopic (exact) mass is 388 g/mol. The van der Waals surface area contributed by atoms with Gasteiger partial charge in [-0.1, -0.05) is 5.11 Å². The number of quaternary nitrogens is 2. The van der Waals surface area contributed by atoms with Crippen molar-refractivity contribution in [1.29, 1.82) is 0 Å². The summed E-state index contributed by atoms with van der Waals surface area (Å²) in [5.41, 5.74) is 10.0. The van der Waals surface area contributed by atoms with Crippen LogP contribution in [0.4, 0.5) is 17.3 Å². The van der Waals surface area contributed by atoms with Crippen LogP contribution in [0.15, 0.2) is 46.9 Å². The zero-order valence-corrected chi connectivity index (χ0v) is 17.7. The number of aromatic nitrogens is 2. The van der Waals surface area contributed by atoms with Crippen LogP contribution in [0.2, 0.25) is 0 Å². The Bertz CT molecular complexity index is 675. The molecule has 28 heavy (non-hydrogen) atoms. The number of rotatable bonds is 13. The van der Waals surface area contributed by atoms with E-state index in [2.05, 4.69) is 50.9 Å². The standard InChI is InChI=1S/C21H36N7/c1-26-17-18-27(2)21(26)25-24-19-9-11-20(12-10-19)28(15-7-3-5-13-22)16-8-4-6-14-23/h9-12,17-18H,3-8,13-16,22-23H2,1-2H3/q+1/p+2. The second-order valence-corrected chi connectivity index (χ2v) is 7.35. The highest BCUT2D eigenvalue weighted by molar-refractivity contribution is 5.52. The number of azo groups is 1. The maximum absolute atomic E-state index is 4.39. The van der Waals surface area contributed by atoms with Crippen molar-refractivity contribution in [3.05, 3.63) is 36.7 Å². The lowest BCUT2D eigenvalue weighted by molar-refractivity contribution is -0.657. The summed E-state index contributed by atoms with van der Waals surface area (Å²) in [6.45, 7) is 4.26. The molecule has 2 aromatic rings. The number of hydrogen-bond donors (Lipinski definition) is 2. The maximum atomic E-state index is 4.39. The minimum Gasteiger partial charge on any atom is -0.372 e. The lowest BCUT2D eigenvalue weighted by Crippen LogP contribution is -2.50. The highest BCUT2D eigenvalue weighted by Gasteiger charge is 2.11. The molecular formula is C21H38N7+3. The minimum atomic E-state index is 0.821. The van der Waals surface area contributed by atoms with Gasteiger partial charge >= 0.3 is 5.95 Å². The van der Waals surface area contributed by atoms with Gasteiger partial charge < -0.3 is 16.4 Å². The average Bonchev–Trinajstić information content (AvgIpc) is 3.03. The molecule has 0 aliphatic rings. The molecule has 7 nitrogen and oxygen atoms in total. The van der Waals surface area contributed by atoms with Gasteiger partial charge in [0.2, 0.25) is 0 Å². The van der Waals surface area contributed by atoms with Crippen LogP contribution in [-0.4, -0.2) is 30.7 Å². The van der Waals surface area contributed by atoms with E-state index < -0.39 is 0 Å². The van der Waals surface area contributed by atoms with Gasteiger partial charge in [0.05, 0.1) is 39.6 Å². The second kappa shape index (κ2) is 12.3. The van der Waals surface area contributed by atoms with E-state index in [9.17, 15) is 0 Å². The smallest absolute Gasteiger partial charge is 0.372 e. The molecule has 1 aromatic carbocycles. The van der Waals surface area contributed by atoms with E-state index in [4.69, 9.17) is 0 Å². The van der Waals surface area contributed by atoms with Crippen molar-refractivity contribution in [2.45, 2.75) is 38.5 Å². The highest BCUT2D eigenvalue weighted by atomic mass is 15.3. The summed E-state index contributed by atoms with van der Waals surface area (Å²) >= 11 is 0. The zero-order chi connectivity index (χ0) is 20.2. The normalized spacial score (nSPS) is 11.4. The van der Waals surface area contributed by atoms with Crippen molar-refractivity contribution >= 4 is 17.3 Å². The molecule has 7 heteroatoms. The minimum absolute atomic E-state index is 0.821. The van der Waals surface area contributed by atoms with E-state index in [1.54, 1.807) is 0 Å². The van der Waals surface area contributed by atoms with E-state index in [-0.39, 0.29) is 0 Å². The van der Waals surface area contributed by atoms with E-state index in [1.807, 2.05) is 35.6 Å². The number of hydrogen-bond acceptors (Lipinski definition) is 3. The number of benzene rings is 1. The van der Waals surface area contributed by atoms with Crippen LogP contribution in [0.5, 0.6) is 0 Å². The molecule has 154 valence electrons. The summed E-state index contributed by atoms with van der Waals surface area (Å²) in [5.74, 6) is 0.821. The van der Waals surface area contributed by atoms with Gasteiger partial charge in [-0.25, -0.2) is 9.13 Å². The third-order valence-corrected chi connectivity index (χ3v) is 4.97. The molecule has 0 spiro atoms. The average molecular weight is 389 g/mol.